The van der Waals surface area contributed by atoms with Gasteiger partial charge in [-0.25, -0.2) is 0 Å². The Bertz CT molecular complexity index is 686. The SMILES string of the molecule is Cc1c(CC(=O)O)c2ccccc2n1C[C@@H]1CCCCC1C. The van der Waals surface area contributed by atoms with Crippen molar-refractivity contribution < 1.29 is 9.90 Å². The third-order valence-electron chi connectivity index (χ3n) is 5.40. The van der Waals surface area contributed by atoms with Crippen LogP contribution in [0.4, 0.5) is 0 Å². The molecule has 1 aliphatic rings. The number of carbonyl (C=O) groups is 1. The summed E-state index contributed by atoms with van der Waals surface area (Å²) in [4.78, 5) is 11.2. The maximum atomic E-state index is 11.2. The smallest absolute Gasteiger partial charge is 0.307 e. The zero-order valence-electron chi connectivity index (χ0n) is 13.5. The zero-order valence-corrected chi connectivity index (χ0v) is 13.5. The number of para-hydroxylation sites is 1. The lowest BCUT2D eigenvalue weighted by atomic mass is 9.80. The first kappa shape index (κ1) is 15.1. The Morgan fingerprint density at radius 1 is 1.27 bits per heavy atom. The second-order valence-corrected chi connectivity index (χ2v) is 6.78. The average molecular weight is 299 g/mol. The third-order valence-corrected chi connectivity index (χ3v) is 5.40. The van der Waals surface area contributed by atoms with Gasteiger partial charge in [0.15, 0.2) is 0 Å². The Labute approximate surface area is 131 Å². The van der Waals surface area contributed by atoms with Gasteiger partial charge in [0.05, 0.1) is 6.42 Å². The van der Waals surface area contributed by atoms with Gasteiger partial charge >= 0.3 is 5.97 Å². The van der Waals surface area contributed by atoms with Gasteiger partial charge in [-0.05, 0) is 36.8 Å². The fourth-order valence-corrected chi connectivity index (χ4v) is 4.01. The lowest BCUT2D eigenvalue weighted by Gasteiger charge is -2.29. The highest BCUT2D eigenvalue weighted by Gasteiger charge is 2.24. The van der Waals surface area contributed by atoms with Gasteiger partial charge in [-0.3, -0.25) is 4.79 Å². The van der Waals surface area contributed by atoms with E-state index in [9.17, 15) is 9.90 Å². The molecule has 1 aromatic heterocycles. The van der Waals surface area contributed by atoms with Crippen molar-refractivity contribution in [1.82, 2.24) is 4.57 Å². The van der Waals surface area contributed by atoms with Gasteiger partial charge in [-0.1, -0.05) is 44.4 Å². The largest absolute Gasteiger partial charge is 0.481 e. The molecule has 1 aliphatic carbocycles. The number of hydrogen-bond donors (Lipinski definition) is 1. The van der Waals surface area contributed by atoms with E-state index >= 15 is 0 Å². The first-order chi connectivity index (χ1) is 10.6. The van der Waals surface area contributed by atoms with Crippen molar-refractivity contribution in [3.63, 3.8) is 0 Å². The molecule has 3 nitrogen and oxygen atoms in total. The molecule has 0 radical (unpaired) electrons. The summed E-state index contributed by atoms with van der Waals surface area (Å²) in [7, 11) is 0. The second kappa shape index (κ2) is 6.15. The summed E-state index contributed by atoms with van der Waals surface area (Å²) in [5.41, 5.74) is 3.29. The molecule has 1 fully saturated rings. The molecule has 1 saturated carbocycles. The van der Waals surface area contributed by atoms with Gasteiger partial charge in [0.25, 0.3) is 0 Å². The summed E-state index contributed by atoms with van der Waals surface area (Å²) < 4.78 is 2.36. The minimum Gasteiger partial charge on any atom is -0.481 e. The van der Waals surface area contributed by atoms with Gasteiger partial charge < -0.3 is 9.67 Å². The molecule has 118 valence electrons. The maximum Gasteiger partial charge on any atom is 0.307 e. The predicted molar refractivity (Wildman–Crippen MR) is 89.1 cm³/mol. The highest BCUT2D eigenvalue weighted by atomic mass is 16.4. The lowest BCUT2D eigenvalue weighted by molar-refractivity contribution is -0.136. The van der Waals surface area contributed by atoms with Crippen molar-refractivity contribution in [2.75, 3.05) is 0 Å². The number of aliphatic carboxylic acids is 1. The van der Waals surface area contributed by atoms with Crippen LogP contribution >= 0.6 is 0 Å². The van der Waals surface area contributed by atoms with E-state index in [1.54, 1.807) is 0 Å². The molecule has 0 saturated heterocycles. The lowest BCUT2D eigenvalue weighted by Crippen LogP contribution is -2.22. The van der Waals surface area contributed by atoms with Crippen LogP contribution < -0.4 is 0 Å². The van der Waals surface area contributed by atoms with Gasteiger partial charge in [0.2, 0.25) is 0 Å². The Morgan fingerprint density at radius 3 is 2.73 bits per heavy atom. The van der Waals surface area contributed by atoms with Crippen LogP contribution in [-0.4, -0.2) is 15.6 Å². The minimum absolute atomic E-state index is 0.111. The van der Waals surface area contributed by atoms with E-state index in [1.165, 1.54) is 31.2 Å². The van der Waals surface area contributed by atoms with Crippen molar-refractivity contribution in [3.05, 3.63) is 35.5 Å². The minimum atomic E-state index is -0.753. The molecule has 0 bridgehead atoms. The average Bonchev–Trinajstić information content (AvgIpc) is 2.75. The summed E-state index contributed by atoms with van der Waals surface area (Å²) in [5.74, 6) is 0.718. The van der Waals surface area contributed by atoms with Crippen LogP contribution in [-0.2, 0) is 17.8 Å². The monoisotopic (exact) mass is 299 g/mol. The quantitative estimate of drug-likeness (QED) is 0.909. The maximum absolute atomic E-state index is 11.2. The molecular formula is C19H25NO2. The zero-order chi connectivity index (χ0) is 15.7. The molecule has 0 aliphatic heterocycles. The Morgan fingerprint density at radius 2 is 2.00 bits per heavy atom. The normalized spacial score (nSPS) is 22.1. The van der Waals surface area contributed by atoms with E-state index < -0.39 is 5.97 Å². The van der Waals surface area contributed by atoms with Gasteiger partial charge in [-0.2, -0.15) is 0 Å². The fraction of sp³-hybridized carbons (Fsp3) is 0.526. The van der Waals surface area contributed by atoms with Crippen LogP contribution in [0.15, 0.2) is 24.3 Å². The Kier molecular flexibility index (Phi) is 4.23. The first-order valence-electron chi connectivity index (χ1n) is 8.36. The molecule has 0 spiro atoms. The summed E-state index contributed by atoms with van der Waals surface area (Å²) in [6.07, 6.45) is 5.41. The number of aromatic nitrogens is 1. The highest BCUT2D eigenvalue weighted by Crippen LogP contribution is 2.34. The number of carboxylic acids is 1. The molecule has 2 aromatic rings. The van der Waals surface area contributed by atoms with E-state index in [-0.39, 0.29) is 6.42 Å². The first-order valence-corrected chi connectivity index (χ1v) is 8.36. The summed E-state index contributed by atoms with van der Waals surface area (Å²) in [6.45, 7) is 5.46. The van der Waals surface area contributed by atoms with Crippen LogP contribution in [0, 0.1) is 18.8 Å². The molecule has 1 heterocycles. The number of rotatable bonds is 4. The Balaban J connectivity index is 2.01. The molecule has 1 N–H and O–H groups in total. The molecular weight excluding hydrogens is 274 g/mol. The van der Waals surface area contributed by atoms with Crippen molar-refractivity contribution in [3.8, 4) is 0 Å². The summed E-state index contributed by atoms with van der Waals surface area (Å²) in [5, 5.41) is 10.3. The molecule has 3 rings (SSSR count). The molecule has 22 heavy (non-hydrogen) atoms. The molecule has 3 heteroatoms. The van der Waals surface area contributed by atoms with Crippen molar-refractivity contribution in [1.29, 1.82) is 0 Å². The van der Waals surface area contributed by atoms with Crippen molar-refractivity contribution >= 4 is 16.9 Å². The van der Waals surface area contributed by atoms with Crippen LogP contribution in [0.5, 0.6) is 0 Å². The summed E-state index contributed by atoms with van der Waals surface area (Å²) in [6, 6.07) is 8.23. The number of hydrogen-bond acceptors (Lipinski definition) is 1. The highest BCUT2D eigenvalue weighted by molar-refractivity contribution is 5.89. The van der Waals surface area contributed by atoms with Crippen LogP contribution in [0.2, 0.25) is 0 Å². The standard InChI is InChI=1S/C19H25NO2/c1-13-7-3-4-8-15(13)12-20-14(2)17(11-19(21)22)16-9-5-6-10-18(16)20/h5-6,9-10,13,15H,3-4,7-8,11-12H2,1-2H3,(H,21,22)/t13?,15-/m0/s1. The van der Waals surface area contributed by atoms with E-state index in [1.807, 2.05) is 12.1 Å². The van der Waals surface area contributed by atoms with E-state index in [4.69, 9.17) is 0 Å². The summed E-state index contributed by atoms with van der Waals surface area (Å²) >= 11 is 0. The van der Waals surface area contributed by atoms with Crippen molar-refractivity contribution in [2.45, 2.75) is 52.5 Å². The molecule has 1 unspecified atom stereocenters. The fourth-order valence-electron chi connectivity index (χ4n) is 4.01. The molecule has 2 atom stereocenters. The van der Waals surface area contributed by atoms with Crippen LogP contribution in [0.3, 0.4) is 0 Å². The van der Waals surface area contributed by atoms with Crippen LogP contribution in [0.25, 0.3) is 10.9 Å². The van der Waals surface area contributed by atoms with Crippen molar-refractivity contribution in [2.24, 2.45) is 11.8 Å². The van der Waals surface area contributed by atoms with E-state index in [0.717, 1.165) is 29.1 Å². The Hall–Kier alpha value is -1.77. The molecule has 0 amide bonds. The number of fused-ring (bicyclic) bond motifs is 1. The van der Waals surface area contributed by atoms with Gasteiger partial charge in [-0.15, -0.1) is 0 Å². The van der Waals surface area contributed by atoms with E-state index in [2.05, 4.69) is 30.5 Å². The number of benzene rings is 1. The second-order valence-electron chi connectivity index (χ2n) is 6.78. The third kappa shape index (κ3) is 2.77. The predicted octanol–water partition coefficient (Wildman–Crippen LogP) is 4.40. The van der Waals surface area contributed by atoms with E-state index in [0.29, 0.717) is 5.92 Å². The molecule has 1 aromatic carbocycles. The topological polar surface area (TPSA) is 42.2 Å². The number of carboxylic acid groups (broad SMARTS) is 1. The van der Waals surface area contributed by atoms with Gasteiger partial charge in [0, 0.05) is 23.1 Å². The number of nitrogens with zero attached hydrogens (tertiary/aromatic N) is 1. The van der Waals surface area contributed by atoms with Gasteiger partial charge in [0.1, 0.15) is 0 Å². The van der Waals surface area contributed by atoms with Crippen LogP contribution in [0.1, 0.15) is 43.9 Å².